The van der Waals surface area contributed by atoms with E-state index in [2.05, 4.69) is 4.98 Å². The highest BCUT2D eigenvalue weighted by atomic mass is 16.5. The lowest BCUT2D eigenvalue weighted by atomic mass is 10.1. The molecule has 3 aromatic rings. The summed E-state index contributed by atoms with van der Waals surface area (Å²) >= 11 is 0. The molecule has 0 saturated carbocycles. The Morgan fingerprint density at radius 3 is 2.56 bits per heavy atom. The number of hydrogen-bond acceptors (Lipinski definition) is 6. The summed E-state index contributed by atoms with van der Waals surface area (Å²) in [6.07, 6.45) is 1.56. The number of esters is 1. The lowest BCUT2D eigenvalue weighted by Gasteiger charge is -2.15. The van der Waals surface area contributed by atoms with Crippen LogP contribution < -0.4 is 16.0 Å². The number of pyridine rings is 2. The Kier molecular flexibility index (Phi) is 4.14. The van der Waals surface area contributed by atoms with Crippen molar-refractivity contribution >= 4 is 22.6 Å². The summed E-state index contributed by atoms with van der Waals surface area (Å²) in [6.45, 7) is 1.84. The maximum atomic E-state index is 13.0. The molecule has 128 valence electrons. The van der Waals surface area contributed by atoms with Gasteiger partial charge in [-0.1, -0.05) is 0 Å². The number of anilines is 1. The zero-order valence-corrected chi connectivity index (χ0v) is 14.1. The van der Waals surface area contributed by atoms with Crippen molar-refractivity contribution in [2.24, 2.45) is 0 Å². The molecule has 0 radical (unpaired) electrons. The van der Waals surface area contributed by atoms with Crippen molar-refractivity contribution < 1.29 is 14.3 Å². The van der Waals surface area contributed by atoms with Gasteiger partial charge >= 0.3 is 5.97 Å². The molecule has 0 aliphatic heterocycles. The molecule has 2 N–H and O–H groups in total. The highest BCUT2D eigenvalue weighted by Crippen LogP contribution is 2.28. The van der Waals surface area contributed by atoms with E-state index in [1.807, 2.05) is 6.92 Å². The maximum absolute atomic E-state index is 13.0. The fourth-order valence-corrected chi connectivity index (χ4v) is 2.67. The van der Waals surface area contributed by atoms with Crippen molar-refractivity contribution in [1.29, 1.82) is 0 Å². The lowest BCUT2D eigenvalue weighted by Crippen LogP contribution is -2.28. The fraction of sp³-hybridized carbons (Fsp3) is 0.167. The smallest absolute Gasteiger partial charge is 0.345 e. The molecule has 0 bridgehead atoms. The number of fused-ring (bicyclic) bond motifs is 1. The summed E-state index contributed by atoms with van der Waals surface area (Å²) in [5, 5.41) is 0.543. The van der Waals surface area contributed by atoms with Gasteiger partial charge in [0.05, 0.1) is 37.3 Å². The second kappa shape index (κ2) is 6.27. The van der Waals surface area contributed by atoms with Gasteiger partial charge in [-0.3, -0.25) is 14.3 Å². The van der Waals surface area contributed by atoms with Crippen molar-refractivity contribution in [3.8, 4) is 11.4 Å². The molecule has 2 heterocycles. The summed E-state index contributed by atoms with van der Waals surface area (Å²) < 4.78 is 11.4. The number of ether oxygens (including phenoxy) is 2. The van der Waals surface area contributed by atoms with E-state index in [0.717, 1.165) is 5.69 Å². The van der Waals surface area contributed by atoms with E-state index in [1.165, 1.54) is 18.8 Å². The van der Waals surface area contributed by atoms with Gasteiger partial charge in [0.25, 0.3) is 5.56 Å². The number of nitrogens with two attached hydrogens (primary N) is 1. The number of aromatic nitrogens is 2. The third-order valence-corrected chi connectivity index (χ3v) is 3.97. The summed E-state index contributed by atoms with van der Waals surface area (Å²) in [5.41, 5.74) is 7.22. The summed E-state index contributed by atoms with van der Waals surface area (Å²) in [6, 6.07) is 8.63. The first-order valence-corrected chi connectivity index (χ1v) is 7.51. The standard InChI is InChI=1S/C18H17N3O4/c1-10-4-5-11(9-20-10)21-14-8-12(24-2)6-7-13(14)16(19)15(17(21)22)18(23)25-3/h4-9H,19H2,1-3H3. The number of benzene rings is 1. The van der Waals surface area contributed by atoms with Crippen LogP contribution in [0.2, 0.25) is 0 Å². The van der Waals surface area contributed by atoms with Gasteiger partial charge < -0.3 is 15.2 Å². The van der Waals surface area contributed by atoms with Crippen LogP contribution in [-0.2, 0) is 4.74 Å². The van der Waals surface area contributed by atoms with Crippen molar-refractivity contribution in [3.05, 3.63) is 58.1 Å². The van der Waals surface area contributed by atoms with Crippen molar-refractivity contribution in [3.63, 3.8) is 0 Å². The number of carbonyl (C=O) groups is 1. The van der Waals surface area contributed by atoms with Crippen LogP contribution in [0, 0.1) is 6.92 Å². The summed E-state index contributed by atoms with van der Waals surface area (Å²) in [5.74, 6) is -0.222. The van der Waals surface area contributed by atoms with Crippen molar-refractivity contribution in [2.75, 3.05) is 20.0 Å². The number of nitrogens with zero attached hydrogens (tertiary/aromatic N) is 2. The highest BCUT2D eigenvalue weighted by Gasteiger charge is 2.22. The monoisotopic (exact) mass is 339 g/mol. The molecular weight excluding hydrogens is 322 g/mol. The molecular formula is C18H17N3O4. The van der Waals surface area contributed by atoms with E-state index in [9.17, 15) is 9.59 Å². The van der Waals surface area contributed by atoms with Gasteiger partial charge in [-0.15, -0.1) is 0 Å². The Labute approximate surface area is 143 Å². The zero-order chi connectivity index (χ0) is 18.1. The molecule has 2 aromatic heterocycles. The van der Waals surface area contributed by atoms with Crippen LogP contribution in [0.15, 0.2) is 41.3 Å². The number of rotatable bonds is 3. The van der Waals surface area contributed by atoms with Crippen LogP contribution in [0.25, 0.3) is 16.6 Å². The first-order chi connectivity index (χ1) is 12.0. The lowest BCUT2D eigenvalue weighted by molar-refractivity contribution is 0.0600. The first kappa shape index (κ1) is 16.5. The Balaban J connectivity index is 2.48. The van der Waals surface area contributed by atoms with E-state index in [4.69, 9.17) is 15.2 Å². The molecule has 0 aliphatic carbocycles. The van der Waals surface area contributed by atoms with Gasteiger partial charge in [0, 0.05) is 17.1 Å². The molecule has 7 heteroatoms. The zero-order valence-electron chi connectivity index (χ0n) is 14.1. The van der Waals surface area contributed by atoms with Crippen molar-refractivity contribution in [2.45, 2.75) is 6.92 Å². The van der Waals surface area contributed by atoms with Crippen LogP contribution in [-0.4, -0.2) is 29.7 Å². The molecule has 0 atom stereocenters. The van der Waals surface area contributed by atoms with Crippen LogP contribution >= 0.6 is 0 Å². The first-order valence-electron chi connectivity index (χ1n) is 7.51. The number of aryl methyl sites for hydroxylation is 1. The quantitative estimate of drug-likeness (QED) is 0.734. The molecule has 3 rings (SSSR count). The Morgan fingerprint density at radius 1 is 1.20 bits per heavy atom. The molecule has 0 saturated heterocycles. The molecule has 25 heavy (non-hydrogen) atoms. The van der Waals surface area contributed by atoms with Gasteiger partial charge in [0.2, 0.25) is 0 Å². The topological polar surface area (TPSA) is 96.4 Å². The second-order valence-electron chi connectivity index (χ2n) is 5.46. The predicted octanol–water partition coefficient (Wildman–Crippen LogP) is 2.07. The second-order valence-corrected chi connectivity index (χ2v) is 5.46. The molecule has 7 nitrogen and oxygen atoms in total. The van der Waals surface area contributed by atoms with E-state index >= 15 is 0 Å². The van der Waals surface area contributed by atoms with Crippen LogP contribution in [0.4, 0.5) is 5.69 Å². The normalized spacial score (nSPS) is 10.7. The van der Waals surface area contributed by atoms with Crippen LogP contribution in [0.1, 0.15) is 16.1 Å². The molecule has 0 fully saturated rings. The Bertz CT molecular complexity index is 1020. The van der Waals surface area contributed by atoms with Gasteiger partial charge in [-0.05, 0) is 31.2 Å². The minimum atomic E-state index is -0.783. The molecule has 0 amide bonds. The number of methoxy groups -OCH3 is 2. The molecule has 1 aromatic carbocycles. The average Bonchev–Trinajstić information content (AvgIpc) is 2.62. The van der Waals surface area contributed by atoms with Crippen LogP contribution in [0.5, 0.6) is 5.75 Å². The molecule has 0 spiro atoms. The molecule has 0 aliphatic rings. The van der Waals surface area contributed by atoms with E-state index in [-0.39, 0.29) is 11.3 Å². The van der Waals surface area contributed by atoms with E-state index in [1.54, 1.807) is 36.5 Å². The van der Waals surface area contributed by atoms with Gasteiger partial charge in [0.15, 0.2) is 0 Å². The Morgan fingerprint density at radius 2 is 1.96 bits per heavy atom. The third kappa shape index (κ3) is 2.69. The Hall–Kier alpha value is -3.35. The van der Waals surface area contributed by atoms with Gasteiger partial charge in [-0.25, -0.2) is 4.79 Å². The number of hydrogen-bond donors (Lipinski definition) is 1. The van der Waals surface area contributed by atoms with Gasteiger partial charge in [-0.2, -0.15) is 0 Å². The van der Waals surface area contributed by atoms with Crippen molar-refractivity contribution in [1.82, 2.24) is 9.55 Å². The largest absolute Gasteiger partial charge is 0.497 e. The summed E-state index contributed by atoms with van der Waals surface area (Å²) in [4.78, 5) is 29.3. The minimum Gasteiger partial charge on any atom is -0.497 e. The highest BCUT2D eigenvalue weighted by molar-refractivity contribution is 6.04. The van der Waals surface area contributed by atoms with Gasteiger partial charge in [0.1, 0.15) is 11.3 Å². The fourth-order valence-electron chi connectivity index (χ4n) is 2.67. The molecule has 0 unspecified atom stereocenters. The maximum Gasteiger partial charge on any atom is 0.345 e. The number of nitrogen functional groups attached to an aromatic ring is 1. The van der Waals surface area contributed by atoms with E-state index < -0.39 is 11.5 Å². The summed E-state index contributed by atoms with van der Waals surface area (Å²) in [7, 11) is 2.74. The SMILES string of the molecule is COC(=O)c1c(N)c2ccc(OC)cc2n(-c2ccc(C)nc2)c1=O. The number of carbonyl (C=O) groups excluding carboxylic acids is 1. The average molecular weight is 339 g/mol. The predicted molar refractivity (Wildman–Crippen MR) is 94.4 cm³/mol. The van der Waals surface area contributed by atoms with Crippen LogP contribution in [0.3, 0.4) is 0 Å². The third-order valence-electron chi connectivity index (χ3n) is 3.97. The minimum absolute atomic E-state index is 0.0748. The van der Waals surface area contributed by atoms with E-state index in [0.29, 0.717) is 22.3 Å².